The van der Waals surface area contributed by atoms with E-state index in [0.717, 1.165) is 11.1 Å². The van der Waals surface area contributed by atoms with Gasteiger partial charge in [-0.15, -0.1) is 0 Å². The summed E-state index contributed by atoms with van der Waals surface area (Å²) < 4.78 is 71.2. The number of methoxy groups -OCH3 is 1. The first-order valence-corrected chi connectivity index (χ1v) is 44.6. The fourth-order valence-electron chi connectivity index (χ4n) is 13.4. The standard InChI is InChI=1S/C95H140N10O26/c1-66(2)79(61-68(5)92(116)117)104(12)91(115)86(94(6,7)8)103-90(114)85(96-11)95(9,10)73-24-20-25-75(62-73)99-93(118)131-65-69-29-33-74(34-30-69)98-87(111)76(35-36-83(109)110)101-89(113)84(67(3)4)102-88(112)77(100-81(107)27-18-19-28-82(108)105-64-72-23-15-14-21-70(72)31-32-71-22-16-17-26-78(71)105)63-97-80(106)37-38-120-41-42-122-45-46-124-49-50-126-53-54-128-57-58-130-60-59-129-56-55-127-52-51-125-48-47-123-44-43-121-40-39-119-13/h14-17,20-26,29-30,33-34,61-62,66-67,76-77,79,84-86,96H,18-19,27-28,35-60,63-65H2,1-13H3,(H,97,106)(H,98,111)(H,99,118)(H,100,107)(H,101,113)(H,102,112)(H,103,114)(H,109,110)(H,116,117)/b68-61+/t76-,77-,79+,84-,85+,86+/m0/s1. The molecule has 1 aliphatic rings. The molecule has 36 heteroatoms. The predicted octanol–water partition coefficient (Wildman–Crippen LogP) is 7.10. The second-order valence-corrected chi connectivity index (χ2v) is 33.3. The summed E-state index contributed by atoms with van der Waals surface area (Å²) in [6.07, 6.45) is 0.116. The first-order chi connectivity index (χ1) is 62.7. The fraction of sp³-hybridized carbons (Fsp3) is 0.589. The van der Waals surface area contributed by atoms with Crippen molar-refractivity contribution < 1.29 is 125 Å². The monoisotopic (exact) mass is 1840 g/mol. The zero-order chi connectivity index (χ0) is 95.9. The Morgan fingerprint density at radius 1 is 0.504 bits per heavy atom. The molecule has 0 aromatic heterocycles. The van der Waals surface area contributed by atoms with Crippen LogP contribution in [0, 0.1) is 29.1 Å². The fourth-order valence-corrected chi connectivity index (χ4v) is 13.4. The Labute approximate surface area is 770 Å². The second-order valence-electron chi connectivity index (χ2n) is 33.3. The highest BCUT2D eigenvalue weighted by Crippen LogP contribution is 2.32. The molecule has 0 spiro atoms. The van der Waals surface area contributed by atoms with Gasteiger partial charge in [0.25, 0.3) is 0 Å². The van der Waals surface area contributed by atoms with Gasteiger partial charge in [-0.3, -0.25) is 48.5 Å². The SMILES string of the molecule is CN[C@H](C(=O)N[C@H](C(=O)N(C)[C@H](/C=C(\C)C(=O)O)C(C)C)C(C)(C)C)C(C)(C)c1cccc(NC(=O)OCc2ccc(NC(=O)[C@H](CCC(=O)O)NC(=O)[C@@H](NC(=O)[C@H](CNC(=O)CCOCCOCCOCCOCCOCCOCCOCCOCCOCCOCCOCCOC)NC(=O)CCCCC(=O)N3Cc4ccccc4C#Cc4ccccc43)C(C)C)cc2)c1. The van der Waals surface area contributed by atoms with Crippen molar-refractivity contribution in [2.45, 2.75) is 169 Å². The number of fused-ring (bicyclic) bond motifs is 2. The molecule has 6 atom stereocenters. The van der Waals surface area contributed by atoms with E-state index in [0.29, 0.717) is 160 Å². The number of aliphatic carboxylic acids is 2. The van der Waals surface area contributed by atoms with Crippen LogP contribution in [0.4, 0.5) is 21.9 Å². The van der Waals surface area contributed by atoms with Crippen molar-refractivity contribution in [1.29, 1.82) is 0 Å². The Morgan fingerprint density at radius 3 is 1.53 bits per heavy atom. The molecule has 0 bridgehead atoms. The molecule has 0 saturated carbocycles. The van der Waals surface area contributed by atoms with Gasteiger partial charge >= 0.3 is 18.0 Å². The third-order valence-electron chi connectivity index (χ3n) is 20.9. The van der Waals surface area contributed by atoms with Crippen molar-refractivity contribution in [3.05, 3.63) is 137 Å². The first-order valence-electron chi connectivity index (χ1n) is 44.6. The largest absolute Gasteiger partial charge is 0.481 e. The summed E-state index contributed by atoms with van der Waals surface area (Å²) >= 11 is 0. The van der Waals surface area contributed by atoms with Crippen LogP contribution < -0.4 is 47.4 Å². The molecule has 10 N–H and O–H groups in total. The van der Waals surface area contributed by atoms with E-state index in [1.165, 1.54) is 30.0 Å². The van der Waals surface area contributed by atoms with Crippen molar-refractivity contribution in [2.24, 2.45) is 17.3 Å². The van der Waals surface area contributed by atoms with Crippen molar-refractivity contribution in [2.75, 3.05) is 195 Å². The molecule has 0 fully saturated rings. The molecule has 4 aromatic rings. The Bertz CT molecular complexity index is 4260. The maximum absolute atomic E-state index is 14.4. The van der Waals surface area contributed by atoms with E-state index in [4.69, 9.17) is 61.6 Å². The van der Waals surface area contributed by atoms with Crippen LogP contribution in [-0.4, -0.2) is 296 Å². The molecule has 0 radical (unpaired) electrons. The summed E-state index contributed by atoms with van der Waals surface area (Å²) in [5.41, 5.74) is 3.09. The number of unbranched alkanes of at least 4 members (excludes halogenated alkanes) is 1. The van der Waals surface area contributed by atoms with Gasteiger partial charge in [-0.25, -0.2) is 9.59 Å². The number of carboxylic acid groups (broad SMARTS) is 2. The third-order valence-corrected chi connectivity index (χ3v) is 20.9. The minimum absolute atomic E-state index is 0.0239. The molecule has 36 nitrogen and oxygen atoms in total. The number of para-hydroxylation sites is 1. The van der Waals surface area contributed by atoms with Gasteiger partial charge in [-0.2, -0.15) is 0 Å². The highest BCUT2D eigenvalue weighted by atomic mass is 16.6. The third kappa shape index (κ3) is 43.3. The average Bonchev–Trinajstić information content (AvgIpc) is 0.785. The predicted molar refractivity (Wildman–Crippen MR) is 490 cm³/mol. The Hall–Kier alpha value is -10.4. The van der Waals surface area contributed by atoms with E-state index in [1.807, 2.05) is 97.0 Å². The number of ether oxygens (including phenoxy) is 13. The summed E-state index contributed by atoms with van der Waals surface area (Å²) in [6, 6.07) is 21.2. The van der Waals surface area contributed by atoms with Crippen LogP contribution in [0.3, 0.4) is 0 Å². The number of carbonyl (C=O) groups excluding carboxylic acids is 9. The molecule has 726 valence electrons. The average molecular weight is 1840 g/mol. The Balaban J connectivity index is 1.08. The normalized spacial score (nSPS) is 13.4. The Morgan fingerprint density at radius 2 is 1.02 bits per heavy atom. The van der Waals surface area contributed by atoms with Crippen LogP contribution >= 0.6 is 0 Å². The summed E-state index contributed by atoms with van der Waals surface area (Å²) in [4.78, 5) is 153. The molecule has 9 amide bonds. The summed E-state index contributed by atoms with van der Waals surface area (Å²) in [7, 11) is 4.84. The molecule has 4 aromatic carbocycles. The zero-order valence-corrected chi connectivity index (χ0v) is 78.4. The van der Waals surface area contributed by atoms with Gasteiger partial charge in [0, 0.05) is 79.9 Å². The number of nitrogens with zero attached hydrogens (tertiary/aromatic N) is 2. The topological polar surface area (TPSA) is 451 Å². The van der Waals surface area contributed by atoms with Crippen LogP contribution in [0.1, 0.15) is 142 Å². The van der Waals surface area contributed by atoms with Gasteiger partial charge in [0.05, 0.1) is 176 Å². The van der Waals surface area contributed by atoms with Crippen LogP contribution in [-0.2, 0) is 128 Å². The number of carbonyl (C=O) groups is 11. The number of nitrogens with one attached hydrogen (secondary N) is 8. The number of likely N-dealkylation sites (N-methyl/N-ethyl adjacent to an activating group) is 2. The number of anilines is 3. The number of amides is 9. The lowest BCUT2D eigenvalue weighted by Crippen LogP contribution is -2.61. The van der Waals surface area contributed by atoms with Gasteiger partial charge < -0.3 is 119 Å². The van der Waals surface area contributed by atoms with Gasteiger partial charge in [0.15, 0.2) is 0 Å². The number of carboxylic acids is 2. The molecular formula is C95H140N10O26. The maximum Gasteiger partial charge on any atom is 0.411 e. The first kappa shape index (κ1) is 111. The molecule has 1 aliphatic heterocycles. The van der Waals surface area contributed by atoms with Crippen LogP contribution in [0.5, 0.6) is 0 Å². The maximum atomic E-state index is 14.4. The van der Waals surface area contributed by atoms with Crippen molar-refractivity contribution in [3.8, 4) is 11.8 Å². The Kier molecular flexibility index (Phi) is 52.7. The van der Waals surface area contributed by atoms with E-state index in [2.05, 4.69) is 54.4 Å². The lowest BCUT2D eigenvalue weighted by Gasteiger charge is -2.40. The molecule has 131 heavy (non-hydrogen) atoms. The van der Waals surface area contributed by atoms with E-state index in [1.54, 1.807) is 76.4 Å². The van der Waals surface area contributed by atoms with Crippen molar-refractivity contribution >= 4 is 82.4 Å². The quantitative estimate of drug-likeness (QED) is 0.0120. The number of hydrogen-bond acceptors (Lipinski definition) is 25. The van der Waals surface area contributed by atoms with Gasteiger partial charge in [-0.05, 0) is 110 Å². The molecule has 0 unspecified atom stereocenters. The number of benzene rings is 4. The minimum atomic E-state index is -1.46. The van der Waals surface area contributed by atoms with E-state index >= 15 is 0 Å². The smallest absolute Gasteiger partial charge is 0.411 e. The molecule has 0 saturated heterocycles. The minimum Gasteiger partial charge on any atom is -0.481 e. The van der Waals surface area contributed by atoms with E-state index < -0.39 is 125 Å². The second kappa shape index (κ2) is 62.1. The van der Waals surface area contributed by atoms with E-state index in [9.17, 15) is 63.0 Å². The van der Waals surface area contributed by atoms with Gasteiger partial charge in [-0.1, -0.05) is 135 Å². The highest BCUT2D eigenvalue weighted by molar-refractivity contribution is 6.00. The van der Waals surface area contributed by atoms with E-state index in [-0.39, 0.29) is 94.8 Å². The summed E-state index contributed by atoms with van der Waals surface area (Å²) in [5.74, 6) is -1.53. The lowest BCUT2D eigenvalue weighted by molar-refractivity contribution is -0.141. The highest BCUT2D eigenvalue weighted by Gasteiger charge is 2.43. The summed E-state index contributed by atoms with van der Waals surface area (Å²) in [6.45, 7) is 26.2. The molecule has 0 aliphatic carbocycles. The molecule has 5 rings (SSSR count). The number of rotatable bonds is 67. The zero-order valence-electron chi connectivity index (χ0n) is 78.4. The lowest BCUT2D eigenvalue weighted by atomic mass is 9.76. The van der Waals surface area contributed by atoms with Crippen molar-refractivity contribution in [1.82, 2.24) is 36.8 Å². The van der Waals surface area contributed by atoms with Crippen LogP contribution in [0.15, 0.2) is 109 Å². The number of hydrogen-bond donors (Lipinski definition) is 10. The van der Waals surface area contributed by atoms with Crippen molar-refractivity contribution in [3.63, 3.8) is 0 Å². The summed E-state index contributed by atoms with van der Waals surface area (Å²) in [5, 5.41) is 41.5. The van der Waals surface area contributed by atoms with Gasteiger partial charge in [0.2, 0.25) is 47.3 Å². The van der Waals surface area contributed by atoms with Crippen LogP contribution in [0.2, 0.25) is 0 Å². The van der Waals surface area contributed by atoms with Gasteiger partial charge in [0.1, 0.15) is 30.8 Å². The van der Waals surface area contributed by atoms with Crippen LogP contribution in [0.25, 0.3) is 0 Å². The molecule has 1 heterocycles. The molecular weight excluding hydrogens is 1700 g/mol.